The molecule has 1 atom stereocenters. The maximum absolute atomic E-state index is 12.1. The van der Waals surface area contributed by atoms with E-state index in [1.165, 1.54) is 24.3 Å². The maximum atomic E-state index is 12.1. The quantitative estimate of drug-likeness (QED) is 0.447. The third-order valence-electron chi connectivity index (χ3n) is 2.27. The normalized spacial score (nSPS) is 16.1. The molecule has 0 aliphatic rings. The lowest BCUT2D eigenvalue weighted by molar-refractivity contribution is 0.0925. The van der Waals surface area contributed by atoms with Gasteiger partial charge in [0.15, 0.2) is 5.78 Å². The van der Waals surface area contributed by atoms with E-state index in [1.54, 1.807) is 6.07 Å². The third kappa shape index (κ3) is 2.73. The summed E-state index contributed by atoms with van der Waals surface area (Å²) in [7, 11) is -5.20. The second-order valence-electron chi connectivity index (χ2n) is 3.50. The Morgan fingerprint density at radius 1 is 1.17 bits per heavy atom. The van der Waals surface area contributed by atoms with Gasteiger partial charge in [-0.05, 0) is 0 Å². The summed E-state index contributed by atoms with van der Waals surface area (Å²) in [5.41, 5.74) is 5.36. The van der Waals surface area contributed by atoms with Gasteiger partial charge in [-0.3, -0.25) is 9.36 Å². The molecule has 1 unspecified atom stereocenters. The standard InChI is InChI=1S/C9H9Cl3NO4P/c10-9(11,12)8(13,18(15,16)17)7(14)6-4-2-1-3-5-6/h1-5H,13H2,(H2,15,16,17). The van der Waals surface area contributed by atoms with Gasteiger partial charge in [0, 0.05) is 5.56 Å². The van der Waals surface area contributed by atoms with Crippen LogP contribution in [0.5, 0.6) is 0 Å². The van der Waals surface area contributed by atoms with Crippen LogP contribution in [0.3, 0.4) is 0 Å². The van der Waals surface area contributed by atoms with E-state index in [9.17, 15) is 19.1 Å². The molecule has 0 radical (unpaired) electrons. The van der Waals surface area contributed by atoms with Crippen LogP contribution in [-0.4, -0.2) is 24.6 Å². The van der Waals surface area contributed by atoms with Crippen LogP contribution >= 0.6 is 42.4 Å². The first-order valence-electron chi connectivity index (χ1n) is 4.53. The fraction of sp³-hybridized carbons (Fsp3) is 0.222. The summed E-state index contributed by atoms with van der Waals surface area (Å²) < 4.78 is 8.76. The number of carbonyl (C=O) groups excluding carboxylic acids is 1. The third-order valence-corrected chi connectivity index (χ3v) is 5.02. The molecule has 5 nitrogen and oxygen atoms in total. The van der Waals surface area contributed by atoms with E-state index in [0.29, 0.717) is 0 Å². The summed E-state index contributed by atoms with van der Waals surface area (Å²) in [4.78, 5) is 30.5. The minimum Gasteiger partial charge on any atom is -0.323 e. The highest BCUT2D eigenvalue weighted by Gasteiger charge is 2.63. The van der Waals surface area contributed by atoms with Crippen molar-refractivity contribution in [2.45, 2.75) is 9.07 Å². The molecule has 0 fully saturated rings. The van der Waals surface area contributed by atoms with Crippen molar-refractivity contribution in [3.8, 4) is 0 Å². The van der Waals surface area contributed by atoms with Crippen molar-refractivity contribution in [1.29, 1.82) is 0 Å². The van der Waals surface area contributed by atoms with Crippen LogP contribution < -0.4 is 5.73 Å². The van der Waals surface area contributed by atoms with Gasteiger partial charge in [-0.25, -0.2) is 0 Å². The van der Waals surface area contributed by atoms with Gasteiger partial charge < -0.3 is 15.5 Å². The van der Waals surface area contributed by atoms with E-state index in [2.05, 4.69) is 0 Å². The van der Waals surface area contributed by atoms with Crippen molar-refractivity contribution >= 4 is 48.2 Å². The molecule has 9 heteroatoms. The molecule has 1 aromatic rings. The van der Waals surface area contributed by atoms with Gasteiger partial charge in [-0.15, -0.1) is 0 Å². The summed E-state index contributed by atoms with van der Waals surface area (Å²) in [5, 5.41) is -2.94. The van der Waals surface area contributed by atoms with Crippen molar-refractivity contribution in [3.05, 3.63) is 35.9 Å². The van der Waals surface area contributed by atoms with Gasteiger partial charge in [0.05, 0.1) is 0 Å². The van der Waals surface area contributed by atoms with Crippen LogP contribution in [0.25, 0.3) is 0 Å². The van der Waals surface area contributed by atoms with E-state index in [-0.39, 0.29) is 5.56 Å². The smallest absolute Gasteiger partial charge is 0.323 e. The van der Waals surface area contributed by atoms with Gasteiger partial charge in [-0.1, -0.05) is 65.1 Å². The number of Topliss-reactive ketones (excluding diaryl/α,β-unsaturated/α-hetero) is 1. The molecule has 1 rings (SSSR count). The van der Waals surface area contributed by atoms with Crippen LogP contribution in [-0.2, 0) is 4.57 Å². The van der Waals surface area contributed by atoms with E-state index in [1.807, 2.05) is 0 Å². The van der Waals surface area contributed by atoms with Crippen molar-refractivity contribution < 1.29 is 19.1 Å². The SMILES string of the molecule is NC(C(=O)c1ccccc1)(C(Cl)(Cl)Cl)P(=O)(O)O. The Labute approximate surface area is 118 Å². The fourth-order valence-electron chi connectivity index (χ4n) is 1.24. The van der Waals surface area contributed by atoms with Crippen LogP contribution in [0, 0.1) is 0 Å². The van der Waals surface area contributed by atoms with Gasteiger partial charge in [0.25, 0.3) is 0 Å². The van der Waals surface area contributed by atoms with Crippen LogP contribution in [0.2, 0.25) is 0 Å². The number of carbonyl (C=O) groups is 1. The Morgan fingerprint density at radius 2 is 1.61 bits per heavy atom. The van der Waals surface area contributed by atoms with Gasteiger partial charge in [0.1, 0.15) is 0 Å². The number of alkyl halides is 3. The number of halogens is 3. The zero-order valence-electron chi connectivity index (χ0n) is 8.76. The van der Waals surface area contributed by atoms with E-state index in [4.69, 9.17) is 40.5 Å². The largest absolute Gasteiger partial charge is 0.357 e. The second-order valence-corrected chi connectivity index (χ2v) is 7.58. The highest BCUT2D eigenvalue weighted by atomic mass is 35.6. The Morgan fingerprint density at radius 3 is 1.94 bits per heavy atom. The summed E-state index contributed by atoms with van der Waals surface area (Å²) in [6, 6.07) is 7.23. The Hall–Kier alpha value is -0.130. The molecule has 4 N–H and O–H groups in total. The van der Waals surface area contributed by atoms with Crippen molar-refractivity contribution in [1.82, 2.24) is 0 Å². The average Bonchev–Trinajstić information content (AvgIpc) is 2.25. The first-order chi connectivity index (χ1) is 8.02. The number of hydrogen-bond donors (Lipinski definition) is 3. The van der Waals surface area contributed by atoms with E-state index >= 15 is 0 Å². The van der Waals surface area contributed by atoms with Crippen molar-refractivity contribution in [2.24, 2.45) is 5.73 Å². The lowest BCUT2D eigenvalue weighted by atomic mass is 10.1. The Bertz CT molecular complexity index is 498. The van der Waals surface area contributed by atoms with E-state index in [0.717, 1.165) is 0 Å². The molecule has 0 spiro atoms. The summed E-state index contributed by atoms with van der Waals surface area (Å²) in [6.07, 6.45) is 0. The molecule has 0 aliphatic heterocycles. The van der Waals surface area contributed by atoms with Crippen LogP contribution in [0.15, 0.2) is 30.3 Å². The number of rotatable bonds is 3. The fourth-order valence-corrected chi connectivity index (χ4v) is 3.21. The molecule has 0 heterocycles. The minimum atomic E-state index is -5.20. The molecular weight excluding hydrogens is 323 g/mol. The number of hydrogen-bond acceptors (Lipinski definition) is 3. The number of nitrogens with two attached hydrogens (primary N) is 1. The average molecular weight is 333 g/mol. The molecule has 0 aliphatic carbocycles. The molecule has 0 saturated carbocycles. The molecular formula is C9H9Cl3NO4P. The van der Waals surface area contributed by atoms with Crippen molar-refractivity contribution in [3.63, 3.8) is 0 Å². The summed E-state index contributed by atoms with van der Waals surface area (Å²) >= 11 is 16.4. The molecule has 18 heavy (non-hydrogen) atoms. The predicted molar refractivity (Wildman–Crippen MR) is 70.0 cm³/mol. The lowest BCUT2D eigenvalue weighted by Gasteiger charge is -2.34. The van der Waals surface area contributed by atoms with Crippen LogP contribution in [0.4, 0.5) is 0 Å². The Kier molecular flexibility index (Phi) is 4.51. The van der Waals surface area contributed by atoms with Crippen LogP contribution in [0.1, 0.15) is 10.4 Å². The van der Waals surface area contributed by atoms with Gasteiger partial charge in [-0.2, -0.15) is 0 Å². The van der Waals surface area contributed by atoms with Gasteiger partial charge >= 0.3 is 7.60 Å². The topological polar surface area (TPSA) is 101 Å². The minimum absolute atomic E-state index is 0.0605. The molecule has 1 aromatic carbocycles. The van der Waals surface area contributed by atoms with Crippen molar-refractivity contribution in [2.75, 3.05) is 0 Å². The first kappa shape index (κ1) is 15.9. The molecule has 0 amide bonds. The first-order valence-corrected chi connectivity index (χ1v) is 7.27. The van der Waals surface area contributed by atoms with Gasteiger partial charge in [0.2, 0.25) is 9.07 Å². The van der Waals surface area contributed by atoms with E-state index < -0.39 is 22.5 Å². The Balaban J connectivity index is 3.40. The highest BCUT2D eigenvalue weighted by molar-refractivity contribution is 7.55. The lowest BCUT2D eigenvalue weighted by Crippen LogP contribution is -2.57. The molecule has 0 saturated heterocycles. The molecule has 100 valence electrons. The summed E-state index contributed by atoms with van der Waals surface area (Å²) in [5.74, 6) is -1.14. The predicted octanol–water partition coefficient (Wildman–Crippen LogP) is 2.07. The zero-order chi connectivity index (χ0) is 14.2. The highest BCUT2D eigenvalue weighted by Crippen LogP contribution is 2.59. The summed E-state index contributed by atoms with van der Waals surface area (Å²) in [6.45, 7) is 0. The monoisotopic (exact) mass is 331 g/mol. The maximum Gasteiger partial charge on any atom is 0.357 e. The molecule has 0 bridgehead atoms. The number of benzene rings is 1. The number of ketones is 1. The second kappa shape index (κ2) is 5.10. The molecule has 0 aromatic heterocycles. The zero-order valence-corrected chi connectivity index (χ0v) is 11.9.